The molecule has 1 atom stereocenters. The molecule has 0 aromatic carbocycles. The van der Waals surface area contributed by atoms with Crippen molar-refractivity contribution in [1.29, 1.82) is 0 Å². The summed E-state index contributed by atoms with van der Waals surface area (Å²) in [7, 11) is 1.69. The molecule has 1 aliphatic rings. The Morgan fingerprint density at radius 1 is 1.50 bits per heavy atom. The van der Waals surface area contributed by atoms with E-state index in [1.807, 2.05) is 19.1 Å². The Bertz CT molecular complexity index is 388. The van der Waals surface area contributed by atoms with Gasteiger partial charge in [0, 0.05) is 30.4 Å². The Kier molecular flexibility index (Phi) is 2.89. The molecule has 1 unspecified atom stereocenters. The lowest BCUT2D eigenvalue weighted by Crippen LogP contribution is -2.20. The first-order valence-corrected chi connectivity index (χ1v) is 5.76. The zero-order valence-electron chi connectivity index (χ0n) is 10.5. The van der Waals surface area contributed by atoms with Gasteiger partial charge in [-0.15, -0.1) is 0 Å². The van der Waals surface area contributed by atoms with E-state index in [1.165, 1.54) is 6.42 Å². The van der Waals surface area contributed by atoms with Crippen LogP contribution in [0.5, 0.6) is 5.75 Å². The molecule has 3 nitrogen and oxygen atoms in total. The molecule has 1 heterocycles. The van der Waals surface area contributed by atoms with Gasteiger partial charge < -0.3 is 10.1 Å². The maximum Gasteiger partial charge on any atom is 0.122 e. The van der Waals surface area contributed by atoms with Crippen molar-refractivity contribution < 1.29 is 4.74 Å². The van der Waals surface area contributed by atoms with Crippen LogP contribution in [0, 0.1) is 12.3 Å². The third kappa shape index (κ3) is 2.53. The summed E-state index contributed by atoms with van der Waals surface area (Å²) in [4.78, 5) is 4.49. The van der Waals surface area contributed by atoms with Gasteiger partial charge in [0.1, 0.15) is 5.75 Å². The van der Waals surface area contributed by atoms with E-state index in [-0.39, 0.29) is 0 Å². The van der Waals surface area contributed by atoms with Crippen molar-refractivity contribution in [2.75, 3.05) is 7.11 Å². The molecule has 0 aliphatic heterocycles. The van der Waals surface area contributed by atoms with Gasteiger partial charge in [-0.1, -0.05) is 13.8 Å². The molecule has 88 valence electrons. The van der Waals surface area contributed by atoms with Crippen LogP contribution in [0.25, 0.3) is 0 Å². The molecule has 16 heavy (non-hydrogen) atoms. The van der Waals surface area contributed by atoms with Crippen molar-refractivity contribution in [2.24, 2.45) is 5.41 Å². The molecule has 0 spiro atoms. The maximum atomic E-state index is 5.23. The third-order valence-corrected chi connectivity index (χ3v) is 3.26. The summed E-state index contributed by atoms with van der Waals surface area (Å²) >= 11 is 0. The van der Waals surface area contributed by atoms with Gasteiger partial charge in [0.05, 0.1) is 12.8 Å². The minimum atomic E-state index is 0.466. The first kappa shape index (κ1) is 11.4. The Hall–Kier alpha value is -1.09. The van der Waals surface area contributed by atoms with Crippen LogP contribution in [-0.4, -0.2) is 18.1 Å². The lowest BCUT2D eigenvalue weighted by atomic mass is 10.2. The van der Waals surface area contributed by atoms with Gasteiger partial charge in [0.25, 0.3) is 0 Å². The van der Waals surface area contributed by atoms with Gasteiger partial charge in [-0.05, 0) is 18.8 Å². The Morgan fingerprint density at radius 3 is 2.75 bits per heavy atom. The number of methoxy groups -OCH3 is 1. The van der Waals surface area contributed by atoms with E-state index in [9.17, 15) is 0 Å². The average molecular weight is 220 g/mol. The highest BCUT2D eigenvalue weighted by Gasteiger charge is 2.45. The van der Waals surface area contributed by atoms with Crippen LogP contribution in [0.1, 0.15) is 31.7 Å². The van der Waals surface area contributed by atoms with Crippen molar-refractivity contribution in [3.05, 3.63) is 23.5 Å². The van der Waals surface area contributed by atoms with Crippen molar-refractivity contribution in [3.8, 4) is 5.75 Å². The molecule has 0 radical (unpaired) electrons. The summed E-state index contributed by atoms with van der Waals surface area (Å²) in [5.41, 5.74) is 2.53. The Morgan fingerprint density at radius 2 is 2.19 bits per heavy atom. The van der Waals surface area contributed by atoms with Crippen molar-refractivity contribution >= 4 is 0 Å². The van der Waals surface area contributed by atoms with Gasteiger partial charge >= 0.3 is 0 Å². The smallest absolute Gasteiger partial charge is 0.122 e. The summed E-state index contributed by atoms with van der Waals surface area (Å²) < 4.78 is 5.23. The van der Waals surface area contributed by atoms with Gasteiger partial charge in [-0.2, -0.15) is 0 Å². The van der Waals surface area contributed by atoms with Crippen LogP contribution in [0.2, 0.25) is 0 Å². The lowest BCUT2D eigenvalue weighted by Gasteiger charge is -2.08. The minimum absolute atomic E-state index is 0.466. The van der Waals surface area contributed by atoms with E-state index in [2.05, 4.69) is 24.1 Å². The molecular formula is C13H20N2O. The van der Waals surface area contributed by atoms with E-state index >= 15 is 0 Å². The van der Waals surface area contributed by atoms with Crippen LogP contribution < -0.4 is 10.1 Å². The predicted molar refractivity (Wildman–Crippen MR) is 64.6 cm³/mol. The molecule has 3 heteroatoms. The van der Waals surface area contributed by atoms with Crippen LogP contribution in [0.15, 0.2) is 12.1 Å². The number of ether oxygens (including phenoxy) is 1. The Balaban J connectivity index is 1.96. The number of hydrogen-bond acceptors (Lipinski definition) is 3. The standard InChI is InChI=1S/C13H20N2O/c1-9-5-11(16-4)6-10(15-9)8-14-12-7-13(12,2)3/h5-6,12,14H,7-8H2,1-4H3. The minimum Gasteiger partial charge on any atom is -0.497 e. The van der Waals surface area contributed by atoms with Crippen LogP contribution in [0.4, 0.5) is 0 Å². The second-order valence-corrected chi connectivity index (χ2v) is 5.27. The van der Waals surface area contributed by atoms with E-state index in [1.54, 1.807) is 7.11 Å². The number of aromatic nitrogens is 1. The lowest BCUT2D eigenvalue weighted by molar-refractivity contribution is 0.412. The largest absolute Gasteiger partial charge is 0.497 e. The molecular weight excluding hydrogens is 200 g/mol. The highest BCUT2D eigenvalue weighted by Crippen LogP contribution is 2.44. The number of pyridine rings is 1. The third-order valence-electron chi connectivity index (χ3n) is 3.26. The Labute approximate surface area is 97.2 Å². The highest BCUT2D eigenvalue weighted by molar-refractivity contribution is 5.26. The molecule has 0 bridgehead atoms. The molecule has 0 saturated heterocycles. The number of aryl methyl sites for hydroxylation is 1. The second kappa shape index (κ2) is 4.06. The molecule has 1 aromatic rings. The van der Waals surface area contributed by atoms with Crippen LogP contribution >= 0.6 is 0 Å². The quantitative estimate of drug-likeness (QED) is 0.845. The highest BCUT2D eigenvalue weighted by atomic mass is 16.5. The van der Waals surface area contributed by atoms with Gasteiger partial charge in [-0.3, -0.25) is 4.98 Å². The molecule has 1 N–H and O–H groups in total. The molecule has 1 aliphatic carbocycles. The van der Waals surface area contributed by atoms with E-state index in [0.29, 0.717) is 11.5 Å². The molecule has 2 rings (SSSR count). The van der Waals surface area contributed by atoms with Crippen LogP contribution in [0.3, 0.4) is 0 Å². The normalized spacial score (nSPS) is 21.9. The fourth-order valence-corrected chi connectivity index (χ4v) is 1.95. The molecule has 1 aromatic heterocycles. The zero-order valence-corrected chi connectivity index (χ0v) is 10.5. The van der Waals surface area contributed by atoms with E-state index in [4.69, 9.17) is 4.74 Å². The fraction of sp³-hybridized carbons (Fsp3) is 0.615. The van der Waals surface area contributed by atoms with Crippen molar-refractivity contribution in [2.45, 2.75) is 39.8 Å². The number of rotatable bonds is 4. The van der Waals surface area contributed by atoms with E-state index in [0.717, 1.165) is 23.7 Å². The molecule has 1 fully saturated rings. The van der Waals surface area contributed by atoms with E-state index < -0.39 is 0 Å². The fourth-order valence-electron chi connectivity index (χ4n) is 1.95. The zero-order chi connectivity index (χ0) is 11.8. The SMILES string of the molecule is COc1cc(C)nc(CNC2CC2(C)C)c1. The number of hydrogen-bond donors (Lipinski definition) is 1. The van der Waals surface area contributed by atoms with Crippen molar-refractivity contribution in [1.82, 2.24) is 10.3 Å². The number of nitrogens with zero attached hydrogens (tertiary/aromatic N) is 1. The average Bonchev–Trinajstić information content (AvgIpc) is 2.83. The summed E-state index contributed by atoms with van der Waals surface area (Å²) in [5, 5.41) is 3.52. The van der Waals surface area contributed by atoms with Crippen LogP contribution in [-0.2, 0) is 6.54 Å². The molecule has 1 saturated carbocycles. The first-order chi connectivity index (χ1) is 7.51. The summed E-state index contributed by atoms with van der Waals surface area (Å²) in [6.45, 7) is 7.39. The summed E-state index contributed by atoms with van der Waals surface area (Å²) in [6.07, 6.45) is 1.26. The first-order valence-electron chi connectivity index (χ1n) is 5.76. The monoisotopic (exact) mass is 220 g/mol. The van der Waals surface area contributed by atoms with Gasteiger partial charge in [0.2, 0.25) is 0 Å². The summed E-state index contributed by atoms with van der Waals surface area (Å²) in [6, 6.07) is 4.58. The second-order valence-electron chi connectivity index (χ2n) is 5.27. The maximum absolute atomic E-state index is 5.23. The topological polar surface area (TPSA) is 34.1 Å². The van der Waals surface area contributed by atoms with Crippen molar-refractivity contribution in [3.63, 3.8) is 0 Å². The van der Waals surface area contributed by atoms with Gasteiger partial charge in [-0.25, -0.2) is 0 Å². The molecule has 0 amide bonds. The predicted octanol–water partition coefficient (Wildman–Crippen LogP) is 2.29. The van der Waals surface area contributed by atoms with Gasteiger partial charge in [0.15, 0.2) is 0 Å². The number of nitrogens with one attached hydrogen (secondary N) is 1. The summed E-state index contributed by atoms with van der Waals surface area (Å²) in [5.74, 6) is 0.888.